The Bertz CT molecular complexity index is 483. The van der Waals surface area contributed by atoms with Crippen LogP contribution in [0.4, 0.5) is 11.4 Å². The molecule has 5 heteroatoms. The summed E-state index contributed by atoms with van der Waals surface area (Å²) in [5.41, 5.74) is 7.41. The number of nitrogens with zero attached hydrogens (tertiary/aromatic N) is 2. The lowest BCUT2D eigenvalue weighted by Crippen LogP contribution is -2.36. The number of fused-ring (bicyclic) bond motifs is 1. The number of ether oxygens (including phenoxy) is 1. The molecule has 0 saturated carbocycles. The van der Waals surface area contributed by atoms with Crippen molar-refractivity contribution in [3.8, 4) is 5.75 Å². The molecule has 0 spiro atoms. The van der Waals surface area contributed by atoms with Gasteiger partial charge in [-0.25, -0.2) is 0 Å². The second kappa shape index (κ2) is 6.61. The standard InChI is InChI=1S/C15H24N4O/c1-4-19(5-2)9-8-17-15-11(3)20-14-7-6-12(16)10-13(14)18-15/h6-7,10-11H,4-5,8-9,16H2,1-3H3,(H,17,18). The molecule has 110 valence electrons. The smallest absolute Gasteiger partial charge is 0.153 e. The van der Waals surface area contributed by atoms with Crippen molar-refractivity contribution in [2.75, 3.05) is 37.2 Å². The third kappa shape index (κ3) is 3.42. The summed E-state index contributed by atoms with van der Waals surface area (Å²) < 4.78 is 5.85. The van der Waals surface area contributed by atoms with E-state index in [-0.39, 0.29) is 6.10 Å². The van der Waals surface area contributed by atoms with Crippen molar-refractivity contribution in [1.29, 1.82) is 0 Å². The SMILES string of the molecule is CCN(CC)CCN=C1Nc2cc(N)ccc2OC1C. The third-order valence-corrected chi connectivity index (χ3v) is 3.55. The van der Waals surface area contributed by atoms with E-state index in [1.165, 1.54) is 0 Å². The Labute approximate surface area is 120 Å². The number of nitrogen functional groups attached to an aromatic ring is 1. The highest BCUT2D eigenvalue weighted by atomic mass is 16.5. The van der Waals surface area contributed by atoms with Crippen LogP contribution in [-0.2, 0) is 0 Å². The zero-order valence-electron chi connectivity index (χ0n) is 12.5. The lowest BCUT2D eigenvalue weighted by Gasteiger charge is -2.27. The summed E-state index contributed by atoms with van der Waals surface area (Å²) in [4.78, 5) is 6.98. The Balaban J connectivity index is 2.02. The van der Waals surface area contributed by atoms with Crippen molar-refractivity contribution in [1.82, 2.24) is 4.90 Å². The molecular formula is C15H24N4O. The number of benzene rings is 1. The molecule has 1 atom stereocenters. The number of rotatable bonds is 5. The molecule has 0 aromatic heterocycles. The van der Waals surface area contributed by atoms with Crippen LogP contribution in [0.1, 0.15) is 20.8 Å². The van der Waals surface area contributed by atoms with Gasteiger partial charge in [-0.1, -0.05) is 13.8 Å². The number of amidine groups is 1. The highest BCUT2D eigenvalue weighted by molar-refractivity contribution is 6.02. The van der Waals surface area contributed by atoms with Crippen molar-refractivity contribution in [2.24, 2.45) is 4.99 Å². The van der Waals surface area contributed by atoms with Crippen molar-refractivity contribution >= 4 is 17.2 Å². The van der Waals surface area contributed by atoms with Crippen LogP contribution < -0.4 is 15.8 Å². The number of likely N-dealkylation sites (N-methyl/N-ethyl adjacent to an activating group) is 1. The monoisotopic (exact) mass is 276 g/mol. The molecule has 1 heterocycles. The lowest BCUT2D eigenvalue weighted by molar-refractivity contribution is 0.281. The molecule has 1 unspecified atom stereocenters. The van der Waals surface area contributed by atoms with Crippen LogP contribution in [0.15, 0.2) is 23.2 Å². The zero-order valence-corrected chi connectivity index (χ0v) is 12.5. The fraction of sp³-hybridized carbons (Fsp3) is 0.533. The number of anilines is 2. The fourth-order valence-corrected chi connectivity index (χ4v) is 2.25. The van der Waals surface area contributed by atoms with Gasteiger partial charge in [0.15, 0.2) is 6.10 Å². The molecule has 1 aliphatic rings. The molecule has 3 N–H and O–H groups in total. The predicted octanol–water partition coefficient (Wildman–Crippen LogP) is 2.20. The van der Waals surface area contributed by atoms with E-state index in [1.54, 1.807) is 0 Å². The highest BCUT2D eigenvalue weighted by Crippen LogP contribution is 2.31. The average molecular weight is 276 g/mol. The first kappa shape index (κ1) is 14.7. The molecule has 0 bridgehead atoms. The van der Waals surface area contributed by atoms with E-state index in [2.05, 4.69) is 29.1 Å². The van der Waals surface area contributed by atoms with Gasteiger partial charge in [-0.05, 0) is 38.2 Å². The van der Waals surface area contributed by atoms with Crippen LogP contribution in [0.5, 0.6) is 5.75 Å². The van der Waals surface area contributed by atoms with Gasteiger partial charge in [0.2, 0.25) is 0 Å². The van der Waals surface area contributed by atoms with E-state index in [0.717, 1.165) is 49.1 Å². The molecular weight excluding hydrogens is 252 g/mol. The molecule has 2 rings (SSSR count). The van der Waals surface area contributed by atoms with Gasteiger partial charge in [0.05, 0.1) is 12.2 Å². The molecule has 0 amide bonds. The Morgan fingerprint density at radius 2 is 2.10 bits per heavy atom. The van der Waals surface area contributed by atoms with Gasteiger partial charge in [0.25, 0.3) is 0 Å². The summed E-state index contributed by atoms with van der Waals surface area (Å²) in [6.45, 7) is 10.2. The summed E-state index contributed by atoms with van der Waals surface area (Å²) in [7, 11) is 0. The van der Waals surface area contributed by atoms with Crippen LogP contribution in [0.3, 0.4) is 0 Å². The van der Waals surface area contributed by atoms with Gasteiger partial charge in [-0.2, -0.15) is 0 Å². The minimum absolute atomic E-state index is 0.0529. The van der Waals surface area contributed by atoms with Gasteiger partial charge in [0, 0.05) is 12.2 Å². The van der Waals surface area contributed by atoms with E-state index in [1.807, 2.05) is 25.1 Å². The van der Waals surface area contributed by atoms with Crippen molar-refractivity contribution < 1.29 is 4.74 Å². The molecule has 0 aliphatic carbocycles. The van der Waals surface area contributed by atoms with Gasteiger partial charge in [-0.3, -0.25) is 4.99 Å². The number of nitrogens with two attached hydrogens (primary N) is 1. The molecule has 1 aromatic rings. The van der Waals surface area contributed by atoms with Crippen molar-refractivity contribution in [2.45, 2.75) is 26.9 Å². The molecule has 0 saturated heterocycles. The van der Waals surface area contributed by atoms with Gasteiger partial charge >= 0.3 is 0 Å². The first-order chi connectivity index (χ1) is 9.63. The zero-order chi connectivity index (χ0) is 14.5. The predicted molar refractivity (Wildman–Crippen MR) is 84.7 cm³/mol. The summed E-state index contributed by atoms with van der Waals surface area (Å²) >= 11 is 0. The van der Waals surface area contributed by atoms with E-state index in [0.29, 0.717) is 0 Å². The Hall–Kier alpha value is -1.75. The Kier molecular flexibility index (Phi) is 4.84. The first-order valence-electron chi connectivity index (χ1n) is 7.24. The second-order valence-corrected chi connectivity index (χ2v) is 4.93. The number of aliphatic imine (C=N–C) groups is 1. The van der Waals surface area contributed by atoms with Gasteiger partial charge in [0.1, 0.15) is 11.6 Å². The molecule has 5 nitrogen and oxygen atoms in total. The molecule has 0 radical (unpaired) electrons. The van der Waals surface area contributed by atoms with Crippen LogP contribution in [0.25, 0.3) is 0 Å². The van der Waals surface area contributed by atoms with E-state index in [4.69, 9.17) is 10.5 Å². The first-order valence-corrected chi connectivity index (χ1v) is 7.24. The number of nitrogens with one attached hydrogen (secondary N) is 1. The maximum atomic E-state index is 5.85. The minimum Gasteiger partial charge on any atom is -0.481 e. The summed E-state index contributed by atoms with van der Waals surface area (Å²) in [5.74, 6) is 1.70. The van der Waals surface area contributed by atoms with E-state index in [9.17, 15) is 0 Å². The quantitative estimate of drug-likeness (QED) is 0.809. The largest absolute Gasteiger partial charge is 0.481 e. The van der Waals surface area contributed by atoms with Crippen LogP contribution in [0, 0.1) is 0 Å². The van der Waals surface area contributed by atoms with Crippen LogP contribution in [0.2, 0.25) is 0 Å². The molecule has 1 aromatic carbocycles. The normalized spacial score (nSPS) is 19.6. The summed E-state index contributed by atoms with van der Waals surface area (Å²) in [6, 6.07) is 5.61. The summed E-state index contributed by atoms with van der Waals surface area (Å²) in [5, 5.41) is 3.32. The van der Waals surface area contributed by atoms with Gasteiger partial charge in [-0.15, -0.1) is 0 Å². The number of hydrogen-bond acceptors (Lipinski definition) is 4. The van der Waals surface area contributed by atoms with Gasteiger partial charge < -0.3 is 20.7 Å². The maximum absolute atomic E-state index is 5.85. The minimum atomic E-state index is -0.0529. The van der Waals surface area contributed by atoms with E-state index >= 15 is 0 Å². The van der Waals surface area contributed by atoms with Crippen molar-refractivity contribution in [3.63, 3.8) is 0 Å². The third-order valence-electron chi connectivity index (χ3n) is 3.55. The summed E-state index contributed by atoms with van der Waals surface area (Å²) in [6.07, 6.45) is -0.0529. The lowest BCUT2D eigenvalue weighted by atomic mass is 10.2. The number of hydrogen-bond donors (Lipinski definition) is 2. The van der Waals surface area contributed by atoms with E-state index < -0.39 is 0 Å². The highest BCUT2D eigenvalue weighted by Gasteiger charge is 2.21. The molecule has 20 heavy (non-hydrogen) atoms. The topological polar surface area (TPSA) is 62.9 Å². The Morgan fingerprint density at radius 1 is 1.35 bits per heavy atom. The van der Waals surface area contributed by atoms with Crippen LogP contribution in [-0.4, -0.2) is 43.0 Å². The fourth-order valence-electron chi connectivity index (χ4n) is 2.25. The molecule has 0 fully saturated rings. The Morgan fingerprint density at radius 3 is 2.80 bits per heavy atom. The van der Waals surface area contributed by atoms with Crippen LogP contribution >= 0.6 is 0 Å². The maximum Gasteiger partial charge on any atom is 0.153 e. The second-order valence-electron chi connectivity index (χ2n) is 4.93. The molecule has 1 aliphatic heterocycles. The average Bonchev–Trinajstić information content (AvgIpc) is 2.44. The van der Waals surface area contributed by atoms with Crippen molar-refractivity contribution in [3.05, 3.63) is 18.2 Å².